The molecular weight excluding hydrogens is 285 g/mol. The minimum atomic E-state index is -0.200. The molecule has 2 rings (SSSR count). The molecule has 0 aromatic rings. The van der Waals surface area contributed by atoms with Gasteiger partial charge in [-0.25, -0.2) is 0 Å². The summed E-state index contributed by atoms with van der Waals surface area (Å²) in [5.41, 5.74) is 5.16. The van der Waals surface area contributed by atoms with Crippen LogP contribution < -0.4 is 11.1 Å². The van der Waals surface area contributed by atoms with Crippen molar-refractivity contribution in [2.45, 2.75) is 25.3 Å². The average molecular weight is 308 g/mol. The molecule has 2 aliphatic rings. The van der Waals surface area contributed by atoms with Gasteiger partial charge in [-0.1, -0.05) is 12.2 Å². The zero-order chi connectivity index (χ0) is 12.1. The second-order valence-electron chi connectivity index (χ2n) is 4.83. The second kappa shape index (κ2) is 9.23. The number of amides is 1. The first-order valence-corrected chi connectivity index (χ1v) is 6.36. The molecule has 1 saturated heterocycles. The summed E-state index contributed by atoms with van der Waals surface area (Å²) >= 11 is 0. The summed E-state index contributed by atoms with van der Waals surface area (Å²) in [6.07, 6.45) is 11.3. The van der Waals surface area contributed by atoms with Crippen molar-refractivity contribution in [3.8, 4) is 0 Å². The van der Waals surface area contributed by atoms with Crippen LogP contribution in [0.25, 0.3) is 0 Å². The molecular formula is C13H23Cl2N3O. The van der Waals surface area contributed by atoms with E-state index in [0.29, 0.717) is 18.4 Å². The zero-order valence-electron chi connectivity index (χ0n) is 11.0. The molecule has 0 aromatic heterocycles. The third kappa shape index (κ3) is 5.85. The molecule has 1 amide bonds. The number of dihydropyridines is 1. The Morgan fingerprint density at radius 2 is 1.95 bits per heavy atom. The number of carbonyl (C=O) groups is 1. The van der Waals surface area contributed by atoms with E-state index in [4.69, 9.17) is 5.73 Å². The molecule has 1 unspecified atom stereocenters. The Morgan fingerprint density at radius 1 is 1.26 bits per heavy atom. The van der Waals surface area contributed by atoms with E-state index in [9.17, 15) is 4.79 Å². The summed E-state index contributed by atoms with van der Waals surface area (Å²) in [5.74, 6) is 0.509. The number of likely N-dealkylation sites (tertiary alicyclic amines) is 1. The van der Waals surface area contributed by atoms with Crippen molar-refractivity contribution in [1.29, 1.82) is 0 Å². The number of nitrogens with zero attached hydrogens (tertiary/aromatic N) is 1. The number of nitrogens with two attached hydrogens (primary N) is 1. The molecule has 110 valence electrons. The first-order valence-electron chi connectivity index (χ1n) is 6.36. The monoisotopic (exact) mass is 307 g/mol. The number of nitrogens with one attached hydrogen (secondary N) is 1. The van der Waals surface area contributed by atoms with E-state index in [1.54, 1.807) is 0 Å². The number of hydrogen-bond donors (Lipinski definition) is 2. The van der Waals surface area contributed by atoms with Gasteiger partial charge in [0.05, 0.1) is 0 Å². The van der Waals surface area contributed by atoms with E-state index in [2.05, 4.69) is 22.4 Å². The van der Waals surface area contributed by atoms with E-state index < -0.39 is 0 Å². The Balaban J connectivity index is 0.00000162. The van der Waals surface area contributed by atoms with Gasteiger partial charge in [-0.05, 0) is 44.1 Å². The van der Waals surface area contributed by atoms with Gasteiger partial charge < -0.3 is 16.0 Å². The van der Waals surface area contributed by atoms with E-state index in [1.165, 1.54) is 12.8 Å². The topological polar surface area (TPSA) is 58.4 Å². The first-order chi connectivity index (χ1) is 8.25. The molecule has 4 nitrogen and oxygen atoms in total. The fourth-order valence-electron chi connectivity index (χ4n) is 2.56. The summed E-state index contributed by atoms with van der Waals surface area (Å²) in [5, 5.41) is 3.39. The van der Waals surface area contributed by atoms with Crippen molar-refractivity contribution in [2.75, 3.05) is 19.6 Å². The molecule has 0 aromatic carbocycles. The van der Waals surface area contributed by atoms with E-state index in [-0.39, 0.29) is 30.7 Å². The molecule has 0 aliphatic carbocycles. The van der Waals surface area contributed by atoms with Crippen LogP contribution in [0.3, 0.4) is 0 Å². The van der Waals surface area contributed by atoms with Crippen molar-refractivity contribution in [1.82, 2.24) is 10.2 Å². The highest BCUT2D eigenvalue weighted by Gasteiger charge is 2.24. The van der Waals surface area contributed by atoms with Crippen molar-refractivity contribution < 1.29 is 4.79 Å². The number of rotatable bonds is 4. The Kier molecular flexibility index (Phi) is 8.89. The van der Waals surface area contributed by atoms with Gasteiger partial charge in [-0.2, -0.15) is 0 Å². The number of primary amides is 1. The normalized spacial score (nSPS) is 23.1. The van der Waals surface area contributed by atoms with E-state index >= 15 is 0 Å². The Hall–Kier alpha value is -0.710. The summed E-state index contributed by atoms with van der Waals surface area (Å²) in [7, 11) is 0. The molecule has 0 radical (unpaired) electrons. The van der Waals surface area contributed by atoms with Gasteiger partial charge in [0.25, 0.3) is 0 Å². The third-order valence-electron chi connectivity index (χ3n) is 3.63. The quantitative estimate of drug-likeness (QED) is 0.827. The maximum absolute atomic E-state index is 10.7. The molecule has 1 atom stereocenters. The fraction of sp³-hybridized carbons (Fsp3) is 0.615. The minimum absolute atomic E-state index is 0. The van der Waals surface area contributed by atoms with Crippen LogP contribution in [0.1, 0.15) is 19.3 Å². The summed E-state index contributed by atoms with van der Waals surface area (Å²) in [4.78, 5) is 13.1. The highest BCUT2D eigenvalue weighted by Crippen LogP contribution is 2.22. The largest absolute Gasteiger partial charge is 0.384 e. The van der Waals surface area contributed by atoms with Crippen molar-refractivity contribution in [3.05, 3.63) is 24.4 Å². The molecule has 3 N–H and O–H groups in total. The smallest absolute Gasteiger partial charge is 0.218 e. The van der Waals surface area contributed by atoms with Crippen LogP contribution in [0.2, 0.25) is 0 Å². The van der Waals surface area contributed by atoms with Crippen molar-refractivity contribution in [3.63, 3.8) is 0 Å². The Bertz CT molecular complexity index is 326. The Morgan fingerprint density at radius 3 is 2.47 bits per heavy atom. The van der Waals surface area contributed by atoms with Gasteiger partial charge in [0.15, 0.2) is 0 Å². The van der Waals surface area contributed by atoms with E-state index in [1.807, 2.05) is 12.3 Å². The molecule has 0 bridgehead atoms. The van der Waals surface area contributed by atoms with Crippen LogP contribution in [0.4, 0.5) is 0 Å². The molecule has 2 aliphatic heterocycles. The molecule has 0 saturated carbocycles. The number of piperidine rings is 1. The summed E-state index contributed by atoms with van der Waals surface area (Å²) in [6, 6.07) is 0.485. The van der Waals surface area contributed by atoms with Crippen LogP contribution in [-0.4, -0.2) is 36.5 Å². The van der Waals surface area contributed by atoms with Gasteiger partial charge >= 0.3 is 0 Å². The number of allylic oxidation sites excluding steroid dienone is 2. The lowest BCUT2D eigenvalue weighted by atomic mass is 9.88. The maximum Gasteiger partial charge on any atom is 0.218 e. The zero-order valence-corrected chi connectivity index (χ0v) is 12.6. The number of halogens is 2. The van der Waals surface area contributed by atoms with Gasteiger partial charge in [0.2, 0.25) is 5.91 Å². The highest BCUT2D eigenvalue weighted by atomic mass is 35.5. The van der Waals surface area contributed by atoms with Crippen LogP contribution in [0.15, 0.2) is 24.4 Å². The summed E-state index contributed by atoms with van der Waals surface area (Å²) < 4.78 is 0. The van der Waals surface area contributed by atoms with Crippen LogP contribution in [-0.2, 0) is 4.79 Å². The van der Waals surface area contributed by atoms with Crippen LogP contribution in [0.5, 0.6) is 0 Å². The molecule has 0 spiro atoms. The van der Waals surface area contributed by atoms with Crippen molar-refractivity contribution in [2.24, 2.45) is 11.7 Å². The van der Waals surface area contributed by atoms with Gasteiger partial charge in [0.1, 0.15) is 0 Å². The predicted octanol–water partition coefficient (Wildman–Crippen LogP) is 1.46. The average Bonchev–Trinajstić information content (AvgIpc) is 2.38. The van der Waals surface area contributed by atoms with Crippen molar-refractivity contribution >= 4 is 30.7 Å². The Labute approximate surface area is 127 Å². The van der Waals surface area contributed by atoms with Crippen LogP contribution in [0, 0.1) is 5.92 Å². The van der Waals surface area contributed by atoms with Gasteiger partial charge in [-0.15, -0.1) is 24.8 Å². The molecule has 19 heavy (non-hydrogen) atoms. The lowest BCUT2D eigenvalue weighted by Gasteiger charge is -2.35. The highest BCUT2D eigenvalue weighted by molar-refractivity contribution is 5.85. The molecule has 2 heterocycles. The van der Waals surface area contributed by atoms with Gasteiger partial charge in [-0.3, -0.25) is 4.79 Å². The van der Waals surface area contributed by atoms with Gasteiger partial charge in [0, 0.05) is 19.0 Å². The fourth-order valence-corrected chi connectivity index (χ4v) is 2.56. The first kappa shape index (κ1) is 18.3. The third-order valence-corrected chi connectivity index (χ3v) is 3.63. The predicted molar refractivity (Wildman–Crippen MR) is 82.7 cm³/mol. The summed E-state index contributed by atoms with van der Waals surface area (Å²) in [6.45, 7) is 2.97. The minimum Gasteiger partial charge on any atom is -0.384 e. The SMILES string of the molecule is Cl.Cl.NC(=O)CCN1CCC(C2C=CC=CN2)CC1. The molecule has 1 fully saturated rings. The number of carbonyl (C=O) groups excluding carboxylic acids is 1. The maximum atomic E-state index is 10.7. The van der Waals surface area contributed by atoms with E-state index in [0.717, 1.165) is 19.6 Å². The lowest BCUT2D eigenvalue weighted by Crippen LogP contribution is -2.42. The number of hydrogen-bond acceptors (Lipinski definition) is 3. The lowest BCUT2D eigenvalue weighted by molar-refractivity contribution is -0.118. The standard InChI is InChI=1S/C13H21N3O.2ClH/c14-13(17)6-10-16-8-4-11(5-9-16)12-3-1-2-7-15-12;;/h1-3,7,11-12,15H,4-6,8-10H2,(H2,14,17);2*1H. The second-order valence-corrected chi connectivity index (χ2v) is 4.83. The molecule has 6 heteroatoms. The van der Waals surface area contributed by atoms with Crippen LogP contribution >= 0.6 is 24.8 Å².